The maximum atomic E-state index is 15.1. The maximum absolute atomic E-state index is 15.1. The molecule has 4 aromatic heterocycles. The van der Waals surface area contributed by atoms with Crippen molar-refractivity contribution in [3.05, 3.63) is 82.4 Å². The third-order valence-electron chi connectivity index (χ3n) is 7.99. The first-order valence-electron chi connectivity index (χ1n) is 13.6. The molecule has 0 radical (unpaired) electrons. The highest BCUT2D eigenvalue weighted by Crippen LogP contribution is 2.46. The second-order valence-electron chi connectivity index (χ2n) is 10.9. The average molecular weight is 588 g/mol. The Morgan fingerprint density at radius 3 is 2.71 bits per heavy atom. The minimum Gasteiger partial charge on any atom is -0.356 e. The highest BCUT2D eigenvalue weighted by Gasteiger charge is 2.45. The molecule has 2 fully saturated rings. The van der Waals surface area contributed by atoms with Crippen molar-refractivity contribution in [2.24, 2.45) is 18.9 Å². The zero-order valence-electron chi connectivity index (χ0n) is 22.9. The third-order valence-corrected chi connectivity index (χ3v) is 8.29. The number of pyridine rings is 1. The van der Waals surface area contributed by atoms with Gasteiger partial charge in [0.25, 0.3) is 5.91 Å². The van der Waals surface area contributed by atoms with Gasteiger partial charge < -0.3 is 10.2 Å². The fourth-order valence-corrected chi connectivity index (χ4v) is 5.78. The van der Waals surface area contributed by atoms with E-state index in [0.29, 0.717) is 29.1 Å². The number of rotatable bonds is 8. The lowest BCUT2D eigenvalue weighted by Crippen LogP contribution is -2.24. The Bertz CT molecular complexity index is 1790. The molecule has 42 heavy (non-hydrogen) atoms. The summed E-state index contributed by atoms with van der Waals surface area (Å²) in [6, 6.07) is 7.15. The molecule has 14 heteroatoms. The van der Waals surface area contributed by atoms with E-state index in [2.05, 4.69) is 43.0 Å². The van der Waals surface area contributed by atoms with Crippen LogP contribution in [0.3, 0.4) is 0 Å². The topological polar surface area (TPSA) is 124 Å². The molecule has 1 saturated carbocycles. The zero-order valence-corrected chi connectivity index (χ0v) is 23.7. The number of aromatic nitrogens is 9. The summed E-state index contributed by atoms with van der Waals surface area (Å²) in [7, 11) is 1.79. The van der Waals surface area contributed by atoms with Gasteiger partial charge in [-0.25, -0.2) is 14.1 Å². The van der Waals surface area contributed by atoms with E-state index in [-0.39, 0.29) is 17.1 Å². The smallest absolute Gasteiger partial charge is 0.255 e. The van der Waals surface area contributed by atoms with Crippen LogP contribution >= 0.6 is 11.6 Å². The fourth-order valence-electron chi connectivity index (χ4n) is 5.61. The third kappa shape index (κ3) is 4.89. The van der Waals surface area contributed by atoms with E-state index < -0.39 is 11.7 Å². The molecule has 0 bridgehead atoms. The Morgan fingerprint density at radius 1 is 1.17 bits per heavy atom. The van der Waals surface area contributed by atoms with Crippen molar-refractivity contribution < 1.29 is 9.18 Å². The van der Waals surface area contributed by atoms with Crippen LogP contribution in [0, 0.1) is 24.6 Å². The molecule has 1 aromatic carbocycles. The van der Waals surface area contributed by atoms with E-state index in [0.717, 1.165) is 42.0 Å². The number of carbonyl (C=O) groups excluding carboxylic acids is 1. The second kappa shape index (κ2) is 10.3. The molecule has 2 atom stereocenters. The lowest BCUT2D eigenvalue weighted by molar-refractivity contribution is 0.0951. The van der Waals surface area contributed by atoms with Gasteiger partial charge in [-0.3, -0.25) is 14.2 Å². The Morgan fingerprint density at radius 2 is 2.00 bits per heavy atom. The Balaban J connectivity index is 1.15. The van der Waals surface area contributed by atoms with Crippen molar-refractivity contribution in [2.45, 2.75) is 26.4 Å². The van der Waals surface area contributed by atoms with E-state index in [1.54, 1.807) is 41.1 Å². The summed E-state index contributed by atoms with van der Waals surface area (Å²) in [6.45, 7) is 4.44. The van der Waals surface area contributed by atoms with E-state index in [9.17, 15) is 4.79 Å². The molecule has 5 heterocycles. The summed E-state index contributed by atoms with van der Waals surface area (Å²) in [5.74, 6) is 1.57. The number of fused-ring (bicyclic) bond motifs is 1. The van der Waals surface area contributed by atoms with Gasteiger partial charge in [0.2, 0.25) is 0 Å². The Labute approximate surface area is 245 Å². The largest absolute Gasteiger partial charge is 0.356 e. The highest BCUT2D eigenvalue weighted by molar-refractivity contribution is 6.30. The van der Waals surface area contributed by atoms with E-state index in [1.165, 1.54) is 23.5 Å². The number of nitrogens with one attached hydrogen (secondary N) is 1. The monoisotopic (exact) mass is 587 g/mol. The molecule has 1 aliphatic carbocycles. The van der Waals surface area contributed by atoms with Crippen LogP contribution in [0.15, 0.2) is 49.2 Å². The molecule has 2 unspecified atom stereocenters. The van der Waals surface area contributed by atoms with Gasteiger partial charge in [0.15, 0.2) is 0 Å². The van der Waals surface area contributed by atoms with Crippen LogP contribution in [0.25, 0.3) is 16.9 Å². The second-order valence-corrected chi connectivity index (χ2v) is 11.3. The highest BCUT2D eigenvalue weighted by atomic mass is 35.5. The Kier molecular flexibility index (Phi) is 6.45. The lowest BCUT2D eigenvalue weighted by atomic mass is 10.1. The summed E-state index contributed by atoms with van der Waals surface area (Å²) in [6.07, 6.45) is 7.82. The number of hydrogen-bond donors (Lipinski definition) is 1. The van der Waals surface area contributed by atoms with E-state index in [1.807, 2.05) is 6.92 Å². The van der Waals surface area contributed by atoms with Crippen LogP contribution in [0.5, 0.6) is 0 Å². The van der Waals surface area contributed by atoms with Gasteiger partial charge in [0, 0.05) is 55.9 Å². The minimum atomic E-state index is -0.662. The lowest BCUT2D eigenvalue weighted by Gasteiger charge is -2.20. The van der Waals surface area contributed by atoms with E-state index >= 15 is 4.39 Å². The molecule has 1 saturated heterocycles. The molecule has 12 nitrogen and oxygen atoms in total. The Hall–Kier alpha value is -4.65. The van der Waals surface area contributed by atoms with Crippen LogP contribution < -0.4 is 10.2 Å². The van der Waals surface area contributed by atoms with Gasteiger partial charge in [-0.15, -0.1) is 5.10 Å². The van der Waals surface area contributed by atoms with Crippen LogP contribution in [0.4, 0.5) is 10.2 Å². The van der Waals surface area contributed by atoms with Crippen LogP contribution in [-0.4, -0.2) is 63.7 Å². The first-order chi connectivity index (χ1) is 20.3. The molecule has 1 amide bonds. The summed E-state index contributed by atoms with van der Waals surface area (Å²) in [4.78, 5) is 20.8. The number of benzene rings is 1. The molecule has 214 valence electrons. The molecule has 1 N–H and O–H groups in total. The molecule has 1 aliphatic heterocycles. The molecule has 0 spiro atoms. The minimum absolute atomic E-state index is 0.0727. The van der Waals surface area contributed by atoms with Crippen molar-refractivity contribution >= 4 is 23.3 Å². The number of anilines is 1. The van der Waals surface area contributed by atoms with Crippen LogP contribution in [0.1, 0.15) is 33.6 Å². The van der Waals surface area contributed by atoms with Crippen LogP contribution in [0.2, 0.25) is 5.02 Å². The number of aryl methyl sites for hydroxylation is 2. The van der Waals surface area contributed by atoms with Crippen molar-refractivity contribution in [3.63, 3.8) is 0 Å². The molecule has 2 aliphatic rings. The SMILES string of the molecule is Cc1nc(N2CC3CC3C2)ccc1Cn1cc(C(=O)NCc2c(-n3cnnn3)ccc(Cl)c2F)c(-c2cnn(C)c2)n1. The van der Waals surface area contributed by atoms with Crippen molar-refractivity contribution in [1.82, 2.24) is 50.1 Å². The molecule has 5 aromatic rings. The van der Waals surface area contributed by atoms with Gasteiger partial charge >= 0.3 is 0 Å². The van der Waals surface area contributed by atoms with Crippen molar-refractivity contribution in [2.75, 3.05) is 18.0 Å². The number of carbonyl (C=O) groups is 1. The molecule has 7 rings (SSSR count). The van der Waals surface area contributed by atoms with Gasteiger partial charge in [-0.2, -0.15) is 10.2 Å². The number of nitrogens with zero attached hydrogens (tertiary/aromatic N) is 10. The summed E-state index contributed by atoms with van der Waals surface area (Å²) >= 11 is 6.06. The predicted molar refractivity (Wildman–Crippen MR) is 152 cm³/mol. The normalized spacial score (nSPS) is 17.5. The number of hydrogen-bond acceptors (Lipinski definition) is 8. The predicted octanol–water partition coefficient (Wildman–Crippen LogP) is 3.19. The van der Waals surface area contributed by atoms with Crippen molar-refractivity contribution in [3.8, 4) is 16.9 Å². The standard InChI is InChI=1S/C28H27ClFN11O/c1-16-17(3-6-25(34-16)39-11-18-7-19(18)12-39)13-40-14-22(27(35-40)20-8-33-38(2)10-20)28(42)31-9-21-24(41-15-32-36-37-41)5-4-23(29)26(21)30/h3-6,8,10,14-15,18-19H,7,9,11-13H2,1-2H3,(H,31,42). The molecular formula is C28H27ClFN11O. The number of halogens is 2. The van der Waals surface area contributed by atoms with Crippen LogP contribution in [-0.2, 0) is 20.1 Å². The van der Waals surface area contributed by atoms with E-state index in [4.69, 9.17) is 21.7 Å². The van der Waals surface area contributed by atoms with Gasteiger partial charge in [-0.05, 0) is 59.4 Å². The fraction of sp³-hybridized carbons (Fsp3) is 0.321. The summed E-state index contributed by atoms with van der Waals surface area (Å²) in [5, 5.41) is 22.8. The zero-order chi connectivity index (χ0) is 29.0. The van der Waals surface area contributed by atoms with Gasteiger partial charge in [-0.1, -0.05) is 17.7 Å². The first-order valence-corrected chi connectivity index (χ1v) is 14.0. The van der Waals surface area contributed by atoms with Crippen molar-refractivity contribution in [1.29, 1.82) is 0 Å². The first kappa shape index (κ1) is 26.3. The number of piperidine rings is 1. The average Bonchev–Trinajstić information content (AvgIpc) is 3.53. The number of tetrazole rings is 1. The van der Waals surface area contributed by atoms with Gasteiger partial charge in [0.05, 0.1) is 29.0 Å². The summed E-state index contributed by atoms with van der Waals surface area (Å²) in [5.41, 5.74) is 3.91. The number of amides is 1. The molecular weight excluding hydrogens is 561 g/mol. The summed E-state index contributed by atoms with van der Waals surface area (Å²) < 4.78 is 19.8. The quantitative estimate of drug-likeness (QED) is 0.293. The maximum Gasteiger partial charge on any atom is 0.255 e. The van der Waals surface area contributed by atoms with Gasteiger partial charge in [0.1, 0.15) is 23.7 Å².